The normalized spacial score (nSPS) is 13.5. The van der Waals surface area contributed by atoms with Crippen LogP contribution in [0.4, 0.5) is 0 Å². The monoisotopic (exact) mass is 201 g/mol. The third kappa shape index (κ3) is 2.26. The Morgan fingerprint density at radius 3 is 2.13 bits per heavy atom. The first-order chi connectivity index (χ1) is 7.25. The van der Waals surface area contributed by atoms with Gasteiger partial charge in [0.05, 0.1) is 0 Å². The van der Waals surface area contributed by atoms with Gasteiger partial charge in [-0.25, -0.2) is 0 Å². The van der Waals surface area contributed by atoms with Crippen LogP contribution in [0.5, 0.6) is 0 Å². The van der Waals surface area contributed by atoms with Gasteiger partial charge in [0.1, 0.15) is 6.54 Å². The van der Waals surface area contributed by atoms with Crippen LogP contribution in [-0.4, -0.2) is 22.5 Å². The number of benzene rings is 1. The number of rotatable bonds is 2. The molecule has 0 fully saturated rings. The van der Waals surface area contributed by atoms with E-state index >= 15 is 0 Å². The first-order valence-electron chi connectivity index (χ1n) is 4.69. The molecule has 15 heavy (non-hydrogen) atoms. The predicted molar refractivity (Wildman–Crippen MR) is 58.9 cm³/mol. The third-order valence-electron chi connectivity index (χ3n) is 2.20. The fourth-order valence-corrected chi connectivity index (χ4v) is 1.48. The summed E-state index contributed by atoms with van der Waals surface area (Å²) in [5, 5.41) is 8.67. The minimum Gasteiger partial charge on any atom is -0.480 e. The van der Waals surface area contributed by atoms with E-state index in [9.17, 15) is 4.79 Å². The Balaban J connectivity index is 2.26. The van der Waals surface area contributed by atoms with Crippen molar-refractivity contribution >= 4 is 18.1 Å². The van der Waals surface area contributed by atoms with E-state index in [2.05, 4.69) is 0 Å². The fourth-order valence-electron chi connectivity index (χ4n) is 1.48. The van der Waals surface area contributed by atoms with Gasteiger partial charge in [-0.05, 0) is 23.3 Å². The Morgan fingerprint density at radius 1 is 1.13 bits per heavy atom. The van der Waals surface area contributed by atoms with Gasteiger partial charge in [0.2, 0.25) is 0 Å². The molecule has 0 aliphatic carbocycles. The molecule has 0 saturated heterocycles. The van der Waals surface area contributed by atoms with Crippen LogP contribution in [0.3, 0.4) is 0 Å². The maximum absolute atomic E-state index is 10.5. The molecule has 1 aliphatic rings. The van der Waals surface area contributed by atoms with Crippen molar-refractivity contribution in [2.75, 3.05) is 6.54 Å². The number of hydrogen-bond acceptors (Lipinski definition) is 2. The Labute approximate surface area is 88.0 Å². The molecular weight excluding hydrogens is 190 g/mol. The van der Waals surface area contributed by atoms with Crippen LogP contribution in [0.25, 0.3) is 12.2 Å². The molecule has 3 nitrogen and oxygen atoms in total. The van der Waals surface area contributed by atoms with Crippen molar-refractivity contribution in [2.24, 2.45) is 0 Å². The quantitative estimate of drug-likeness (QED) is 0.795. The summed E-state index contributed by atoms with van der Waals surface area (Å²) in [5.41, 5.74) is 2.20. The lowest BCUT2D eigenvalue weighted by atomic mass is 10.1. The van der Waals surface area contributed by atoms with Crippen molar-refractivity contribution in [1.29, 1.82) is 0 Å². The maximum Gasteiger partial charge on any atom is 0.323 e. The van der Waals surface area contributed by atoms with Crippen molar-refractivity contribution in [1.82, 2.24) is 4.90 Å². The molecule has 0 bridgehead atoms. The molecule has 0 spiro atoms. The van der Waals surface area contributed by atoms with Gasteiger partial charge in [-0.2, -0.15) is 0 Å². The average Bonchev–Trinajstić information content (AvgIpc) is 2.41. The van der Waals surface area contributed by atoms with Crippen molar-refractivity contribution in [3.63, 3.8) is 0 Å². The second-order valence-corrected chi connectivity index (χ2v) is 3.33. The van der Waals surface area contributed by atoms with E-state index in [0.717, 1.165) is 11.1 Å². The predicted octanol–water partition coefficient (Wildman–Crippen LogP) is 2.03. The number of nitrogens with zero attached hydrogens (tertiary/aromatic N) is 1. The molecular formula is C12H11NO2. The Hall–Kier alpha value is -2.03. The first-order valence-corrected chi connectivity index (χ1v) is 4.69. The summed E-state index contributed by atoms with van der Waals surface area (Å²) in [7, 11) is 0. The van der Waals surface area contributed by atoms with Crippen LogP contribution in [0.1, 0.15) is 11.1 Å². The minimum atomic E-state index is -0.838. The van der Waals surface area contributed by atoms with Crippen LogP contribution < -0.4 is 0 Å². The lowest BCUT2D eigenvalue weighted by Crippen LogP contribution is -2.18. The van der Waals surface area contributed by atoms with E-state index in [1.165, 1.54) is 0 Å². The summed E-state index contributed by atoms with van der Waals surface area (Å²) in [6, 6.07) is 7.93. The molecule has 0 aromatic heterocycles. The van der Waals surface area contributed by atoms with E-state index in [4.69, 9.17) is 5.11 Å². The van der Waals surface area contributed by atoms with Gasteiger partial charge in [-0.1, -0.05) is 24.3 Å². The third-order valence-corrected chi connectivity index (χ3v) is 2.20. The van der Waals surface area contributed by atoms with E-state index in [1.54, 1.807) is 17.3 Å². The van der Waals surface area contributed by atoms with Crippen molar-refractivity contribution in [2.45, 2.75) is 0 Å². The van der Waals surface area contributed by atoms with Gasteiger partial charge in [0, 0.05) is 12.4 Å². The van der Waals surface area contributed by atoms with Gasteiger partial charge in [-0.3, -0.25) is 4.79 Å². The molecule has 1 heterocycles. The van der Waals surface area contributed by atoms with Gasteiger partial charge in [0.25, 0.3) is 0 Å². The second-order valence-electron chi connectivity index (χ2n) is 3.33. The molecule has 0 radical (unpaired) electrons. The lowest BCUT2D eigenvalue weighted by Gasteiger charge is -2.09. The molecule has 1 aliphatic heterocycles. The SMILES string of the molecule is O=C(O)CN1C=Cc2ccccc2C=C1. The zero-order chi connectivity index (χ0) is 10.7. The van der Waals surface area contributed by atoms with Crippen LogP contribution in [-0.2, 0) is 4.79 Å². The highest BCUT2D eigenvalue weighted by atomic mass is 16.4. The zero-order valence-corrected chi connectivity index (χ0v) is 8.13. The van der Waals surface area contributed by atoms with Crippen LogP contribution in [0.2, 0.25) is 0 Å². The first kappa shape index (κ1) is 9.52. The van der Waals surface area contributed by atoms with E-state index in [-0.39, 0.29) is 6.54 Å². The van der Waals surface area contributed by atoms with Crippen LogP contribution in [0, 0.1) is 0 Å². The average molecular weight is 201 g/mol. The number of carboxylic acid groups (broad SMARTS) is 1. The van der Waals surface area contributed by atoms with Crippen LogP contribution in [0.15, 0.2) is 36.7 Å². The summed E-state index contributed by atoms with van der Waals surface area (Å²) in [4.78, 5) is 12.2. The molecule has 0 saturated carbocycles. The molecule has 1 aromatic rings. The molecule has 76 valence electrons. The fraction of sp³-hybridized carbons (Fsp3) is 0.0833. The highest BCUT2D eigenvalue weighted by molar-refractivity contribution is 5.71. The smallest absolute Gasteiger partial charge is 0.323 e. The summed E-state index contributed by atoms with van der Waals surface area (Å²) >= 11 is 0. The maximum atomic E-state index is 10.5. The molecule has 0 unspecified atom stereocenters. The molecule has 1 N–H and O–H groups in total. The zero-order valence-electron chi connectivity index (χ0n) is 8.13. The summed E-state index contributed by atoms with van der Waals surface area (Å²) in [6.45, 7) is -0.0129. The Morgan fingerprint density at radius 2 is 1.67 bits per heavy atom. The van der Waals surface area contributed by atoms with Crippen LogP contribution >= 0.6 is 0 Å². The summed E-state index contributed by atoms with van der Waals surface area (Å²) < 4.78 is 0. The molecule has 2 rings (SSSR count). The largest absolute Gasteiger partial charge is 0.480 e. The topological polar surface area (TPSA) is 40.5 Å². The Kier molecular flexibility index (Phi) is 2.54. The Bertz CT molecular complexity index is 402. The van der Waals surface area contributed by atoms with E-state index < -0.39 is 5.97 Å². The van der Waals surface area contributed by atoms with Gasteiger partial charge < -0.3 is 10.0 Å². The molecule has 3 heteroatoms. The van der Waals surface area contributed by atoms with E-state index in [1.807, 2.05) is 36.4 Å². The lowest BCUT2D eigenvalue weighted by molar-refractivity contribution is -0.137. The van der Waals surface area contributed by atoms with Crippen molar-refractivity contribution in [3.8, 4) is 0 Å². The molecule has 1 aromatic carbocycles. The van der Waals surface area contributed by atoms with Crippen molar-refractivity contribution in [3.05, 3.63) is 47.8 Å². The standard InChI is InChI=1S/C12H11NO2/c14-12(15)9-13-7-5-10-3-1-2-4-11(10)6-8-13/h1-8H,9H2,(H,14,15). The number of carbonyl (C=O) groups is 1. The number of hydrogen-bond donors (Lipinski definition) is 1. The number of fused-ring (bicyclic) bond motifs is 1. The van der Waals surface area contributed by atoms with E-state index in [0.29, 0.717) is 0 Å². The number of carboxylic acids is 1. The van der Waals surface area contributed by atoms with Gasteiger partial charge >= 0.3 is 5.97 Å². The highest BCUT2D eigenvalue weighted by Crippen LogP contribution is 2.16. The highest BCUT2D eigenvalue weighted by Gasteiger charge is 2.05. The number of aliphatic carboxylic acids is 1. The van der Waals surface area contributed by atoms with Gasteiger partial charge in [-0.15, -0.1) is 0 Å². The molecule has 0 atom stereocenters. The summed E-state index contributed by atoms with van der Waals surface area (Å²) in [6.07, 6.45) is 7.38. The second kappa shape index (κ2) is 4.00. The van der Waals surface area contributed by atoms with Crippen molar-refractivity contribution < 1.29 is 9.90 Å². The molecule has 0 amide bonds. The van der Waals surface area contributed by atoms with Gasteiger partial charge in [0.15, 0.2) is 0 Å². The minimum absolute atomic E-state index is 0.0129. The summed E-state index contributed by atoms with van der Waals surface area (Å²) in [5.74, 6) is -0.838.